The predicted octanol–water partition coefficient (Wildman–Crippen LogP) is 2.33. The summed E-state index contributed by atoms with van der Waals surface area (Å²) < 4.78 is 0. The molecule has 1 aliphatic heterocycles. The third-order valence-electron chi connectivity index (χ3n) is 4.46. The van der Waals surface area contributed by atoms with E-state index in [-0.39, 0.29) is 5.91 Å². The van der Waals surface area contributed by atoms with E-state index in [1.54, 1.807) is 0 Å². The number of para-hydroxylation sites is 1. The molecule has 1 saturated heterocycles. The van der Waals surface area contributed by atoms with Crippen LogP contribution in [0.2, 0.25) is 0 Å². The normalized spacial score (nSPS) is 24.2. The summed E-state index contributed by atoms with van der Waals surface area (Å²) in [6.07, 6.45) is 1.89. The number of likely N-dealkylation sites (N-methyl/N-ethyl adjacent to an activating group) is 1. The van der Waals surface area contributed by atoms with Gasteiger partial charge in [0.1, 0.15) is 0 Å². The van der Waals surface area contributed by atoms with Gasteiger partial charge >= 0.3 is 0 Å². The molecule has 3 rings (SSSR count). The molecule has 106 valence electrons. The first-order valence-corrected chi connectivity index (χ1v) is 7.15. The maximum absolute atomic E-state index is 12.8. The molecule has 1 N–H and O–H groups in total. The molecular weight excluding hydrogens is 250 g/mol. The number of piperazine rings is 1. The summed E-state index contributed by atoms with van der Waals surface area (Å²) in [6.45, 7) is 5.92. The number of H-pyrrole nitrogens is 1. The van der Waals surface area contributed by atoms with E-state index in [0.29, 0.717) is 12.1 Å². The number of aromatic nitrogens is 1. The Balaban J connectivity index is 1.91. The van der Waals surface area contributed by atoms with Gasteiger partial charge in [-0.15, -0.1) is 0 Å². The third-order valence-corrected chi connectivity index (χ3v) is 4.46. The monoisotopic (exact) mass is 271 g/mol. The number of carbonyl (C=O) groups excluding carboxylic acids is 1. The van der Waals surface area contributed by atoms with Gasteiger partial charge in [-0.2, -0.15) is 0 Å². The lowest BCUT2D eigenvalue weighted by Crippen LogP contribution is -2.56. The lowest BCUT2D eigenvalue weighted by molar-refractivity contribution is 0.0416. The maximum atomic E-state index is 12.8. The summed E-state index contributed by atoms with van der Waals surface area (Å²) in [6, 6.07) is 8.68. The summed E-state index contributed by atoms with van der Waals surface area (Å²) in [5.74, 6) is 0.129. The Hall–Kier alpha value is -1.81. The number of hydrogen-bond donors (Lipinski definition) is 1. The highest BCUT2D eigenvalue weighted by atomic mass is 16.2. The van der Waals surface area contributed by atoms with Crippen molar-refractivity contribution in [3.8, 4) is 0 Å². The molecule has 1 aromatic heterocycles. The van der Waals surface area contributed by atoms with Crippen LogP contribution in [0.15, 0.2) is 30.5 Å². The van der Waals surface area contributed by atoms with Crippen molar-refractivity contribution in [2.75, 3.05) is 20.1 Å². The molecule has 1 amide bonds. The zero-order valence-electron chi connectivity index (χ0n) is 12.3. The predicted molar refractivity (Wildman–Crippen MR) is 80.9 cm³/mol. The number of amides is 1. The lowest BCUT2D eigenvalue weighted by Gasteiger charge is -2.42. The molecule has 2 atom stereocenters. The first-order chi connectivity index (χ1) is 9.58. The summed E-state index contributed by atoms with van der Waals surface area (Å²) in [7, 11) is 2.13. The standard InChI is InChI=1S/C16H21N3O/c1-11-9-19(10-12(2)18(11)3)16(20)14-6-4-5-13-7-8-17-15(13)14/h4-8,11-12,17H,9-10H2,1-3H3. The minimum absolute atomic E-state index is 0.129. The smallest absolute Gasteiger partial charge is 0.256 e. The fourth-order valence-electron chi connectivity index (χ4n) is 3.00. The van der Waals surface area contributed by atoms with E-state index in [2.05, 4.69) is 30.8 Å². The SMILES string of the molecule is CC1CN(C(=O)c2cccc3cc[nH]c23)CC(C)N1C. The Labute approximate surface area is 119 Å². The Kier molecular flexibility index (Phi) is 3.26. The van der Waals surface area contributed by atoms with Crippen LogP contribution in [-0.2, 0) is 0 Å². The molecule has 0 saturated carbocycles. The number of carbonyl (C=O) groups is 1. The molecule has 0 aliphatic carbocycles. The molecule has 1 aliphatic rings. The zero-order chi connectivity index (χ0) is 14.3. The maximum Gasteiger partial charge on any atom is 0.256 e. The van der Waals surface area contributed by atoms with Crippen molar-refractivity contribution in [1.82, 2.24) is 14.8 Å². The number of nitrogens with zero attached hydrogens (tertiary/aromatic N) is 2. The van der Waals surface area contributed by atoms with Gasteiger partial charge in [0.25, 0.3) is 5.91 Å². The number of aromatic amines is 1. The average molecular weight is 271 g/mol. The summed E-state index contributed by atoms with van der Waals surface area (Å²) in [5.41, 5.74) is 1.72. The van der Waals surface area contributed by atoms with Crippen molar-refractivity contribution < 1.29 is 4.79 Å². The van der Waals surface area contributed by atoms with Gasteiger partial charge in [0.15, 0.2) is 0 Å². The van der Waals surface area contributed by atoms with Gasteiger partial charge in [-0.05, 0) is 33.0 Å². The quantitative estimate of drug-likeness (QED) is 0.864. The molecule has 0 spiro atoms. The van der Waals surface area contributed by atoms with Crippen molar-refractivity contribution in [2.24, 2.45) is 0 Å². The van der Waals surface area contributed by atoms with Gasteiger partial charge in [0, 0.05) is 36.8 Å². The fourth-order valence-corrected chi connectivity index (χ4v) is 3.00. The van der Waals surface area contributed by atoms with Crippen LogP contribution in [0.4, 0.5) is 0 Å². The van der Waals surface area contributed by atoms with Crippen LogP contribution in [-0.4, -0.2) is 52.9 Å². The Bertz CT molecular complexity index is 621. The van der Waals surface area contributed by atoms with Gasteiger partial charge in [-0.3, -0.25) is 9.69 Å². The lowest BCUT2D eigenvalue weighted by atomic mass is 10.1. The van der Waals surface area contributed by atoms with Gasteiger partial charge in [-0.25, -0.2) is 0 Å². The number of hydrogen-bond acceptors (Lipinski definition) is 2. The Morgan fingerprint density at radius 2 is 1.90 bits per heavy atom. The van der Waals surface area contributed by atoms with Crippen LogP contribution >= 0.6 is 0 Å². The molecule has 1 aromatic carbocycles. The van der Waals surface area contributed by atoms with Crippen molar-refractivity contribution in [3.63, 3.8) is 0 Å². The van der Waals surface area contributed by atoms with E-state index in [4.69, 9.17) is 0 Å². The van der Waals surface area contributed by atoms with E-state index in [9.17, 15) is 4.79 Å². The Morgan fingerprint density at radius 1 is 1.20 bits per heavy atom. The molecular formula is C16H21N3O. The zero-order valence-corrected chi connectivity index (χ0v) is 12.3. The minimum atomic E-state index is 0.129. The summed E-state index contributed by atoms with van der Waals surface area (Å²) in [5, 5.41) is 1.09. The molecule has 1 fully saturated rings. The second-order valence-corrected chi connectivity index (χ2v) is 5.82. The van der Waals surface area contributed by atoms with Crippen molar-refractivity contribution in [2.45, 2.75) is 25.9 Å². The van der Waals surface area contributed by atoms with E-state index >= 15 is 0 Å². The molecule has 2 aromatic rings. The average Bonchev–Trinajstić information content (AvgIpc) is 2.91. The topological polar surface area (TPSA) is 39.3 Å². The second-order valence-electron chi connectivity index (χ2n) is 5.82. The van der Waals surface area contributed by atoms with Crippen LogP contribution in [0.3, 0.4) is 0 Å². The molecule has 0 bridgehead atoms. The van der Waals surface area contributed by atoms with Crippen molar-refractivity contribution in [3.05, 3.63) is 36.0 Å². The number of benzene rings is 1. The number of nitrogens with one attached hydrogen (secondary N) is 1. The van der Waals surface area contributed by atoms with Crippen LogP contribution in [0.5, 0.6) is 0 Å². The first kappa shape index (κ1) is 13.2. The highest BCUT2D eigenvalue weighted by molar-refractivity contribution is 6.05. The fraction of sp³-hybridized carbons (Fsp3) is 0.438. The van der Waals surface area contributed by atoms with E-state index in [1.165, 1.54) is 0 Å². The molecule has 4 nitrogen and oxygen atoms in total. The van der Waals surface area contributed by atoms with E-state index in [0.717, 1.165) is 29.6 Å². The van der Waals surface area contributed by atoms with Crippen LogP contribution in [0.1, 0.15) is 24.2 Å². The van der Waals surface area contributed by atoms with Crippen LogP contribution in [0, 0.1) is 0 Å². The van der Waals surface area contributed by atoms with E-state index in [1.807, 2.05) is 35.4 Å². The summed E-state index contributed by atoms with van der Waals surface area (Å²) in [4.78, 5) is 20.3. The third kappa shape index (κ3) is 2.10. The van der Waals surface area contributed by atoms with Gasteiger partial charge < -0.3 is 9.88 Å². The Morgan fingerprint density at radius 3 is 2.60 bits per heavy atom. The number of fused-ring (bicyclic) bond motifs is 1. The van der Waals surface area contributed by atoms with E-state index < -0.39 is 0 Å². The highest BCUT2D eigenvalue weighted by Gasteiger charge is 2.30. The van der Waals surface area contributed by atoms with Crippen molar-refractivity contribution >= 4 is 16.8 Å². The van der Waals surface area contributed by atoms with Gasteiger partial charge in [0.2, 0.25) is 0 Å². The first-order valence-electron chi connectivity index (χ1n) is 7.15. The van der Waals surface area contributed by atoms with Crippen LogP contribution < -0.4 is 0 Å². The van der Waals surface area contributed by atoms with Crippen molar-refractivity contribution in [1.29, 1.82) is 0 Å². The largest absolute Gasteiger partial charge is 0.361 e. The molecule has 2 unspecified atom stereocenters. The highest BCUT2D eigenvalue weighted by Crippen LogP contribution is 2.21. The number of rotatable bonds is 1. The molecule has 0 radical (unpaired) electrons. The van der Waals surface area contributed by atoms with Gasteiger partial charge in [0.05, 0.1) is 11.1 Å². The summed E-state index contributed by atoms with van der Waals surface area (Å²) >= 11 is 0. The molecule has 4 heteroatoms. The second kappa shape index (κ2) is 4.94. The van der Waals surface area contributed by atoms with Gasteiger partial charge in [-0.1, -0.05) is 12.1 Å². The minimum Gasteiger partial charge on any atom is -0.361 e. The molecule has 2 heterocycles. The van der Waals surface area contributed by atoms with Crippen LogP contribution in [0.25, 0.3) is 10.9 Å². The molecule has 20 heavy (non-hydrogen) atoms.